The second kappa shape index (κ2) is 9.24. The maximum atomic E-state index is 13.1. The van der Waals surface area contributed by atoms with Crippen LogP contribution in [0.2, 0.25) is 0 Å². The lowest BCUT2D eigenvalue weighted by Gasteiger charge is -2.08. The van der Waals surface area contributed by atoms with Crippen molar-refractivity contribution in [3.05, 3.63) is 120 Å². The van der Waals surface area contributed by atoms with E-state index >= 15 is 0 Å². The topological polar surface area (TPSA) is 79.0 Å². The molecule has 5 aromatic rings. The first-order chi connectivity index (χ1) is 16.9. The highest BCUT2D eigenvalue weighted by Gasteiger charge is 2.18. The summed E-state index contributed by atoms with van der Waals surface area (Å²) in [6.45, 7) is 2.30. The summed E-state index contributed by atoms with van der Waals surface area (Å²) >= 11 is 0. The minimum atomic E-state index is -3.64. The van der Waals surface area contributed by atoms with Gasteiger partial charge in [0.05, 0.1) is 9.79 Å². The molecule has 0 atom stereocenters. The van der Waals surface area contributed by atoms with Gasteiger partial charge in [-0.1, -0.05) is 66.2 Å². The molecule has 0 fully saturated rings. The number of hydrogen-bond acceptors (Lipinski definition) is 3. The number of H-pyrrole nitrogens is 1. The molecule has 5 nitrogen and oxygen atoms in total. The van der Waals surface area contributed by atoms with Crippen LogP contribution in [0.1, 0.15) is 21.6 Å². The number of carbonyl (C=O) groups is 1. The van der Waals surface area contributed by atoms with Crippen LogP contribution in [0.25, 0.3) is 22.0 Å². The number of amides is 1. The van der Waals surface area contributed by atoms with Gasteiger partial charge in [0.1, 0.15) is 5.69 Å². The molecule has 0 aliphatic rings. The van der Waals surface area contributed by atoms with Crippen LogP contribution in [0.15, 0.2) is 113 Å². The molecular formula is C29H24N2O3S. The summed E-state index contributed by atoms with van der Waals surface area (Å²) in [6.07, 6.45) is 0. The van der Waals surface area contributed by atoms with Crippen molar-refractivity contribution in [1.82, 2.24) is 10.3 Å². The van der Waals surface area contributed by atoms with E-state index in [9.17, 15) is 13.2 Å². The molecule has 0 bridgehead atoms. The van der Waals surface area contributed by atoms with Gasteiger partial charge < -0.3 is 10.3 Å². The highest BCUT2D eigenvalue weighted by Crippen LogP contribution is 2.25. The quantitative estimate of drug-likeness (QED) is 0.317. The normalized spacial score (nSPS) is 11.5. The summed E-state index contributed by atoms with van der Waals surface area (Å²) in [5, 5.41) is 3.87. The number of sulfone groups is 1. The zero-order valence-electron chi connectivity index (χ0n) is 19.2. The Morgan fingerprint density at radius 3 is 2.09 bits per heavy atom. The molecule has 0 spiro atoms. The second-order valence-electron chi connectivity index (χ2n) is 8.49. The van der Waals surface area contributed by atoms with Crippen molar-refractivity contribution in [1.29, 1.82) is 0 Å². The number of benzene rings is 4. The van der Waals surface area contributed by atoms with E-state index in [0.29, 0.717) is 12.2 Å². The fourth-order valence-electron chi connectivity index (χ4n) is 4.03. The number of hydrogen-bond donors (Lipinski definition) is 2. The fraction of sp³-hybridized carbons (Fsp3) is 0.0690. The number of fused-ring (bicyclic) bond motifs is 1. The third-order valence-electron chi connectivity index (χ3n) is 5.98. The van der Waals surface area contributed by atoms with E-state index in [2.05, 4.69) is 10.3 Å². The minimum absolute atomic E-state index is 0.214. The van der Waals surface area contributed by atoms with Gasteiger partial charge in [0.15, 0.2) is 0 Å². The van der Waals surface area contributed by atoms with Gasteiger partial charge in [-0.2, -0.15) is 0 Å². The minimum Gasteiger partial charge on any atom is -0.351 e. The lowest BCUT2D eigenvalue weighted by atomic mass is 10.1. The summed E-state index contributed by atoms with van der Waals surface area (Å²) < 4.78 is 26.2. The first-order valence-corrected chi connectivity index (χ1v) is 12.8. The molecule has 1 aromatic heterocycles. The van der Waals surface area contributed by atoms with Crippen molar-refractivity contribution in [2.45, 2.75) is 23.3 Å². The molecule has 5 rings (SSSR count). The van der Waals surface area contributed by atoms with E-state index in [1.54, 1.807) is 36.4 Å². The highest BCUT2D eigenvalue weighted by molar-refractivity contribution is 7.91. The molecule has 0 saturated carbocycles. The molecule has 0 radical (unpaired) electrons. The third kappa shape index (κ3) is 4.74. The Labute approximate surface area is 204 Å². The van der Waals surface area contributed by atoms with E-state index in [-0.39, 0.29) is 15.7 Å². The third-order valence-corrected chi connectivity index (χ3v) is 7.76. The smallest absolute Gasteiger partial charge is 0.267 e. The summed E-state index contributed by atoms with van der Waals surface area (Å²) in [7, 11) is -3.64. The highest BCUT2D eigenvalue weighted by atomic mass is 32.2. The van der Waals surface area contributed by atoms with Crippen molar-refractivity contribution in [2.75, 3.05) is 0 Å². The Bertz CT molecular complexity index is 1600. The lowest BCUT2D eigenvalue weighted by Crippen LogP contribution is -2.23. The van der Waals surface area contributed by atoms with Crippen molar-refractivity contribution in [3.8, 4) is 11.1 Å². The number of carbonyl (C=O) groups excluding carboxylic acids is 1. The van der Waals surface area contributed by atoms with Gasteiger partial charge in [-0.15, -0.1) is 0 Å². The zero-order valence-corrected chi connectivity index (χ0v) is 20.0. The molecular weight excluding hydrogens is 456 g/mol. The van der Waals surface area contributed by atoms with Gasteiger partial charge in [-0.3, -0.25) is 4.79 Å². The monoisotopic (exact) mass is 480 g/mol. The van der Waals surface area contributed by atoms with Gasteiger partial charge in [-0.05, 0) is 66.1 Å². The van der Waals surface area contributed by atoms with E-state index in [1.165, 1.54) is 0 Å². The summed E-state index contributed by atoms with van der Waals surface area (Å²) in [4.78, 5) is 16.2. The van der Waals surface area contributed by atoms with E-state index < -0.39 is 9.84 Å². The molecule has 1 heterocycles. The Hall–Kier alpha value is -4.16. The Morgan fingerprint density at radius 1 is 0.771 bits per heavy atom. The molecule has 35 heavy (non-hydrogen) atoms. The molecule has 4 aromatic carbocycles. The van der Waals surface area contributed by atoms with Crippen molar-refractivity contribution < 1.29 is 13.2 Å². The molecule has 174 valence electrons. The Balaban J connectivity index is 1.26. The Kier molecular flexibility index (Phi) is 5.97. The molecule has 0 aliphatic carbocycles. The van der Waals surface area contributed by atoms with Gasteiger partial charge in [0.2, 0.25) is 9.84 Å². The molecule has 0 aliphatic heterocycles. The average molecular weight is 481 g/mol. The van der Waals surface area contributed by atoms with Gasteiger partial charge in [0.25, 0.3) is 5.91 Å². The van der Waals surface area contributed by atoms with Crippen LogP contribution in [0.3, 0.4) is 0 Å². The van der Waals surface area contributed by atoms with Gasteiger partial charge >= 0.3 is 0 Å². The number of rotatable bonds is 6. The molecule has 2 N–H and O–H groups in total. The largest absolute Gasteiger partial charge is 0.351 e. The molecule has 6 heteroatoms. The van der Waals surface area contributed by atoms with Crippen LogP contribution in [0.5, 0.6) is 0 Å². The van der Waals surface area contributed by atoms with Crippen LogP contribution in [0.4, 0.5) is 0 Å². The maximum absolute atomic E-state index is 13.1. The SMILES string of the molecule is Cc1ccc2[nH]c(C(=O)NCc3ccc(S(=O)(=O)c4ccc(-c5ccccc5)cc4)cc3)cc2c1. The van der Waals surface area contributed by atoms with E-state index in [1.807, 2.05) is 73.7 Å². The van der Waals surface area contributed by atoms with E-state index in [0.717, 1.165) is 33.2 Å². The second-order valence-corrected chi connectivity index (χ2v) is 10.4. The van der Waals surface area contributed by atoms with Crippen LogP contribution in [-0.2, 0) is 16.4 Å². The van der Waals surface area contributed by atoms with Crippen LogP contribution in [-0.4, -0.2) is 19.3 Å². The van der Waals surface area contributed by atoms with Crippen molar-refractivity contribution in [3.63, 3.8) is 0 Å². The average Bonchev–Trinajstić information content (AvgIpc) is 3.31. The van der Waals surface area contributed by atoms with Crippen molar-refractivity contribution in [2.24, 2.45) is 0 Å². The standard InChI is InChI=1S/C29H24N2O3S/c1-20-7-16-27-24(17-20)18-28(31-27)29(32)30-19-21-8-12-25(13-9-21)35(33,34)26-14-10-23(11-15-26)22-5-3-2-4-6-22/h2-18,31H,19H2,1H3,(H,30,32). The van der Waals surface area contributed by atoms with Gasteiger partial charge in [0, 0.05) is 17.4 Å². The zero-order chi connectivity index (χ0) is 24.4. The molecule has 1 amide bonds. The van der Waals surface area contributed by atoms with Crippen LogP contribution >= 0.6 is 0 Å². The van der Waals surface area contributed by atoms with E-state index in [4.69, 9.17) is 0 Å². The first-order valence-electron chi connectivity index (χ1n) is 11.3. The Morgan fingerprint density at radius 2 is 1.40 bits per heavy atom. The number of aromatic amines is 1. The lowest BCUT2D eigenvalue weighted by molar-refractivity contribution is 0.0946. The van der Waals surface area contributed by atoms with Crippen LogP contribution in [0, 0.1) is 6.92 Å². The number of aryl methyl sites for hydroxylation is 1. The fourth-order valence-corrected chi connectivity index (χ4v) is 5.29. The van der Waals surface area contributed by atoms with Crippen LogP contribution < -0.4 is 5.32 Å². The van der Waals surface area contributed by atoms with Crippen molar-refractivity contribution >= 4 is 26.6 Å². The summed E-state index contributed by atoms with van der Waals surface area (Å²) in [6, 6.07) is 31.1. The molecule has 0 saturated heterocycles. The molecule has 0 unspecified atom stereocenters. The maximum Gasteiger partial charge on any atom is 0.267 e. The summed E-state index contributed by atoms with van der Waals surface area (Å²) in [5.74, 6) is -0.214. The first kappa shape index (κ1) is 22.6. The van der Waals surface area contributed by atoms with Gasteiger partial charge in [-0.25, -0.2) is 8.42 Å². The number of nitrogens with one attached hydrogen (secondary N) is 2. The summed E-state index contributed by atoms with van der Waals surface area (Å²) in [5.41, 5.74) is 5.33. The predicted octanol–water partition coefficient (Wildman–Crippen LogP) is 5.91. The number of aromatic nitrogens is 1. The predicted molar refractivity (Wildman–Crippen MR) is 138 cm³/mol.